The molecule has 2 rings (SSSR count). The molecule has 1 aromatic carbocycles. The van der Waals surface area contributed by atoms with Crippen LogP contribution in [0.3, 0.4) is 0 Å². The highest BCUT2D eigenvalue weighted by Gasteiger charge is 2.16. The first-order chi connectivity index (χ1) is 7.57. The van der Waals surface area contributed by atoms with E-state index in [1.54, 1.807) is 12.4 Å². The second-order valence-electron chi connectivity index (χ2n) is 4.90. The quantitative estimate of drug-likeness (QED) is 0.739. The second-order valence-corrected chi connectivity index (χ2v) is 9.98. The van der Waals surface area contributed by atoms with E-state index < -0.39 is 8.07 Å². The minimum Gasteiger partial charge on any atom is -0.237 e. The van der Waals surface area contributed by atoms with E-state index in [0.717, 1.165) is 11.4 Å². The van der Waals surface area contributed by atoms with E-state index in [4.69, 9.17) is 0 Å². The molecule has 2 nitrogen and oxygen atoms in total. The highest BCUT2D eigenvalue weighted by Crippen LogP contribution is 2.13. The Bertz CT molecular complexity index is 475. The molecule has 16 heavy (non-hydrogen) atoms. The zero-order valence-electron chi connectivity index (χ0n) is 9.94. The number of aromatic nitrogens is 2. The molecule has 0 saturated heterocycles. The van der Waals surface area contributed by atoms with Crippen molar-refractivity contribution in [2.24, 2.45) is 0 Å². The topological polar surface area (TPSA) is 25.8 Å². The largest absolute Gasteiger partial charge is 0.237 e. The van der Waals surface area contributed by atoms with Gasteiger partial charge in [-0.3, -0.25) is 0 Å². The lowest BCUT2D eigenvalue weighted by atomic mass is 10.2. The molecular weight excluding hydrogens is 212 g/mol. The Hall–Kier alpha value is -1.48. The van der Waals surface area contributed by atoms with Crippen LogP contribution in [0.4, 0.5) is 0 Å². The predicted octanol–water partition coefficient (Wildman–Crippen LogP) is 2.69. The van der Waals surface area contributed by atoms with Gasteiger partial charge in [0.15, 0.2) is 5.82 Å². The fraction of sp³-hybridized carbons (Fsp3) is 0.231. The van der Waals surface area contributed by atoms with Crippen LogP contribution in [0.5, 0.6) is 0 Å². The standard InChI is InChI=1S/C13H16N2Si/c1-16(2,3)12-7-4-6-11(10-12)13-14-8-5-9-15-13/h4-10H,1-3H3. The summed E-state index contributed by atoms with van der Waals surface area (Å²) in [5.74, 6) is 0.808. The lowest BCUT2D eigenvalue weighted by Gasteiger charge is -2.17. The molecule has 3 heteroatoms. The molecule has 82 valence electrons. The monoisotopic (exact) mass is 228 g/mol. The molecule has 0 spiro atoms. The summed E-state index contributed by atoms with van der Waals surface area (Å²) in [6, 6.07) is 10.4. The van der Waals surface area contributed by atoms with Crippen molar-refractivity contribution in [2.75, 3.05) is 0 Å². The van der Waals surface area contributed by atoms with E-state index in [0.29, 0.717) is 0 Å². The number of hydrogen-bond acceptors (Lipinski definition) is 2. The maximum absolute atomic E-state index is 4.28. The molecule has 2 aromatic rings. The van der Waals surface area contributed by atoms with Crippen molar-refractivity contribution >= 4 is 13.3 Å². The summed E-state index contributed by atoms with van der Waals surface area (Å²) < 4.78 is 0. The third-order valence-electron chi connectivity index (χ3n) is 2.55. The van der Waals surface area contributed by atoms with E-state index in [1.807, 2.05) is 6.07 Å². The van der Waals surface area contributed by atoms with Crippen molar-refractivity contribution < 1.29 is 0 Å². The molecule has 0 fully saturated rings. The summed E-state index contributed by atoms with van der Waals surface area (Å²) in [6.07, 6.45) is 3.56. The van der Waals surface area contributed by atoms with Crippen LogP contribution in [-0.4, -0.2) is 18.0 Å². The molecule has 1 heterocycles. The van der Waals surface area contributed by atoms with Crippen molar-refractivity contribution in [3.05, 3.63) is 42.7 Å². The Kier molecular flexibility index (Phi) is 2.88. The van der Waals surface area contributed by atoms with Crippen LogP contribution in [0.1, 0.15) is 0 Å². The first-order valence-corrected chi connectivity index (χ1v) is 8.95. The molecular formula is C13H16N2Si. The number of hydrogen-bond donors (Lipinski definition) is 0. The first kappa shape index (κ1) is 11.0. The van der Waals surface area contributed by atoms with Gasteiger partial charge in [0, 0.05) is 18.0 Å². The Morgan fingerprint density at radius 1 is 0.938 bits per heavy atom. The minimum atomic E-state index is -1.25. The Labute approximate surface area is 97.4 Å². The molecule has 0 atom stereocenters. The zero-order chi connectivity index (χ0) is 11.6. The van der Waals surface area contributed by atoms with E-state index in [1.165, 1.54) is 5.19 Å². The maximum atomic E-state index is 4.28. The van der Waals surface area contributed by atoms with Gasteiger partial charge in [0.2, 0.25) is 0 Å². The van der Waals surface area contributed by atoms with Gasteiger partial charge in [-0.2, -0.15) is 0 Å². The van der Waals surface area contributed by atoms with Gasteiger partial charge in [0.25, 0.3) is 0 Å². The van der Waals surface area contributed by atoms with Crippen LogP contribution in [0, 0.1) is 0 Å². The number of benzene rings is 1. The van der Waals surface area contributed by atoms with Gasteiger partial charge in [-0.05, 0) is 6.07 Å². The summed E-state index contributed by atoms with van der Waals surface area (Å²) in [4.78, 5) is 8.55. The van der Waals surface area contributed by atoms with Crippen molar-refractivity contribution in [3.8, 4) is 11.4 Å². The fourth-order valence-corrected chi connectivity index (χ4v) is 2.76. The summed E-state index contributed by atoms with van der Waals surface area (Å²) in [5.41, 5.74) is 1.11. The van der Waals surface area contributed by atoms with E-state index >= 15 is 0 Å². The molecule has 0 amide bonds. The zero-order valence-corrected chi connectivity index (χ0v) is 10.9. The molecule has 0 aliphatic rings. The molecule has 0 aliphatic carbocycles. The normalized spacial score (nSPS) is 11.4. The van der Waals surface area contributed by atoms with Gasteiger partial charge in [-0.15, -0.1) is 0 Å². The van der Waals surface area contributed by atoms with Crippen molar-refractivity contribution in [3.63, 3.8) is 0 Å². The number of nitrogens with zero attached hydrogens (tertiary/aromatic N) is 2. The van der Waals surface area contributed by atoms with Crippen LogP contribution < -0.4 is 5.19 Å². The molecule has 0 radical (unpaired) electrons. The summed E-state index contributed by atoms with van der Waals surface area (Å²) >= 11 is 0. The van der Waals surface area contributed by atoms with Crippen LogP contribution in [0.25, 0.3) is 11.4 Å². The van der Waals surface area contributed by atoms with Gasteiger partial charge < -0.3 is 0 Å². The van der Waals surface area contributed by atoms with Crippen LogP contribution in [0.15, 0.2) is 42.7 Å². The highest BCUT2D eigenvalue weighted by molar-refractivity contribution is 6.88. The summed E-state index contributed by atoms with van der Waals surface area (Å²) in [7, 11) is -1.25. The van der Waals surface area contributed by atoms with Crippen molar-refractivity contribution in [2.45, 2.75) is 19.6 Å². The van der Waals surface area contributed by atoms with Crippen LogP contribution >= 0.6 is 0 Å². The van der Waals surface area contributed by atoms with E-state index in [9.17, 15) is 0 Å². The predicted molar refractivity (Wildman–Crippen MR) is 70.4 cm³/mol. The molecule has 0 saturated carbocycles. The average molecular weight is 228 g/mol. The summed E-state index contributed by atoms with van der Waals surface area (Å²) in [6.45, 7) is 7.04. The SMILES string of the molecule is C[Si](C)(C)c1cccc(-c2ncccn2)c1. The first-order valence-electron chi connectivity index (χ1n) is 5.45. The Morgan fingerprint density at radius 2 is 1.62 bits per heavy atom. The third kappa shape index (κ3) is 2.36. The van der Waals surface area contributed by atoms with Crippen LogP contribution in [0.2, 0.25) is 19.6 Å². The molecule has 1 aromatic heterocycles. The lowest BCUT2D eigenvalue weighted by Crippen LogP contribution is -2.37. The van der Waals surface area contributed by atoms with Crippen molar-refractivity contribution in [1.82, 2.24) is 9.97 Å². The highest BCUT2D eigenvalue weighted by atomic mass is 28.3. The fourth-order valence-electron chi connectivity index (χ4n) is 1.57. The second kappa shape index (κ2) is 4.18. The van der Waals surface area contributed by atoms with Gasteiger partial charge in [-0.1, -0.05) is 49.1 Å². The minimum absolute atomic E-state index is 0.808. The van der Waals surface area contributed by atoms with E-state index in [-0.39, 0.29) is 0 Å². The van der Waals surface area contributed by atoms with E-state index in [2.05, 4.69) is 53.9 Å². The third-order valence-corrected chi connectivity index (χ3v) is 4.60. The number of rotatable bonds is 2. The summed E-state index contributed by atoms with van der Waals surface area (Å²) in [5, 5.41) is 1.44. The van der Waals surface area contributed by atoms with Crippen molar-refractivity contribution in [1.29, 1.82) is 0 Å². The lowest BCUT2D eigenvalue weighted by molar-refractivity contribution is 1.18. The smallest absolute Gasteiger partial charge is 0.159 e. The molecule has 0 bridgehead atoms. The van der Waals surface area contributed by atoms with Gasteiger partial charge in [0.1, 0.15) is 0 Å². The Morgan fingerprint density at radius 3 is 2.25 bits per heavy atom. The average Bonchev–Trinajstić information content (AvgIpc) is 2.29. The Balaban J connectivity index is 2.45. The maximum Gasteiger partial charge on any atom is 0.159 e. The molecule has 0 aliphatic heterocycles. The molecule has 0 unspecified atom stereocenters. The van der Waals surface area contributed by atoms with Gasteiger partial charge in [-0.25, -0.2) is 9.97 Å². The van der Waals surface area contributed by atoms with Gasteiger partial charge in [0.05, 0.1) is 8.07 Å². The van der Waals surface area contributed by atoms with Crippen LogP contribution in [-0.2, 0) is 0 Å². The van der Waals surface area contributed by atoms with Gasteiger partial charge >= 0.3 is 0 Å². The molecule has 0 N–H and O–H groups in total.